The number of nitro groups is 1. The van der Waals surface area contributed by atoms with Gasteiger partial charge in [0, 0.05) is 12.7 Å². The number of aryl methyl sites for hydroxylation is 1. The van der Waals surface area contributed by atoms with Crippen molar-refractivity contribution in [2.45, 2.75) is 6.92 Å². The van der Waals surface area contributed by atoms with Crippen LogP contribution in [-0.2, 0) is 0 Å². The van der Waals surface area contributed by atoms with Gasteiger partial charge >= 0.3 is 5.69 Å². The van der Waals surface area contributed by atoms with Crippen LogP contribution in [0.3, 0.4) is 0 Å². The van der Waals surface area contributed by atoms with Crippen molar-refractivity contribution in [1.82, 2.24) is 9.97 Å². The molecule has 106 valence electrons. The van der Waals surface area contributed by atoms with Crippen LogP contribution in [0.1, 0.15) is 11.3 Å². The minimum atomic E-state index is -0.537. The third kappa shape index (κ3) is 2.71. The molecule has 21 heavy (non-hydrogen) atoms. The Labute approximate surface area is 120 Å². The average molecular weight is 284 g/mol. The first kappa shape index (κ1) is 14.2. The third-order valence-corrected chi connectivity index (χ3v) is 2.94. The van der Waals surface area contributed by atoms with E-state index in [1.54, 1.807) is 31.3 Å². The summed E-state index contributed by atoms with van der Waals surface area (Å²) in [5, 5.41) is 20.0. The number of rotatable bonds is 3. The van der Waals surface area contributed by atoms with Crippen molar-refractivity contribution in [2.75, 3.05) is 17.7 Å². The fraction of sp³-hybridized carbons (Fsp3) is 0.154. The Balaban J connectivity index is 2.54. The number of nitrogens with zero attached hydrogens (tertiary/aromatic N) is 5. The van der Waals surface area contributed by atoms with Crippen LogP contribution in [0.15, 0.2) is 24.3 Å². The van der Waals surface area contributed by atoms with Crippen LogP contribution in [0.5, 0.6) is 0 Å². The van der Waals surface area contributed by atoms with Crippen LogP contribution in [0.2, 0.25) is 0 Å². The fourth-order valence-electron chi connectivity index (χ4n) is 1.90. The van der Waals surface area contributed by atoms with Gasteiger partial charge in [-0.15, -0.1) is 0 Å². The molecule has 0 radical (unpaired) electrons. The standard InChI is InChI=1S/C13H12N6O2/c1-8-11(19(20)21)12(17-13(15)16-8)18(2)10-5-3-9(7-14)4-6-10/h3-6H,1-2H3,(H2,15,16,17). The van der Waals surface area contributed by atoms with Gasteiger partial charge in [0.2, 0.25) is 11.8 Å². The van der Waals surface area contributed by atoms with Gasteiger partial charge in [-0.3, -0.25) is 10.1 Å². The molecular weight excluding hydrogens is 272 g/mol. The molecule has 0 saturated carbocycles. The molecule has 8 nitrogen and oxygen atoms in total. The van der Waals surface area contributed by atoms with Crippen LogP contribution in [0, 0.1) is 28.4 Å². The van der Waals surface area contributed by atoms with Gasteiger partial charge in [-0.1, -0.05) is 0 Å². The lowest BCUT2D eigenvalue weighted by atomic mass is 10.2. The zero-order chi connectivity index (χ0) is 15.6. The Morgan fingerprint density at radius 2 is 1.95 bits per heavy atom. The predicted octanol–water partition coefficient (Wildman–Crippen LogP) is 1.91. The Kier molecular flexibility index (Phi) is 3.67. The van der Waals surface area contributed by atoms with Gasteiger partial charge in [-0.05, 0) is 31.2 Å². The van der Waals surface area contributed by atoms with Crippen molar-refractivity contribution in [3.63, 3.8) is 0 Å². The summed E-state index contributed by atoms with van der Waals surface area (Å²) in [6.07, 6.45) is 0. The van der Waals surface area contributed by atoms with Crippen LogP contribution >= 0.6 is 0 Å². The second-order valence-corrected chi connectivity index (χ2v) is 4.31. The molecule has 2 rings (SSSR count). The maximum atomic E-state index is 11.2. The molecule has 0 fully saturated rings. The molecule has 1 heterocycles. The Bertz CT molecular complexity index is 736. The normalized spacial score (nSPS) is 9.95. The van der Waals surface area contributed by atoms with Gasteiger partial charge in [0.05, 0.1) is 16.6 Å². The predicted molar refractivity (Wildman–Crippen MR) is 77.1 cm³/mol. The average Bonchev–Trinajstić information content (AvgIpc) is 2.45. The summed E-state index contributed by atoms with van der Waals surface area (Å²) in [6.45, 7) is 1.51. The lowest BCUT2D eigenvalue weighted by molar-refractivity contribution is -0.385. The van der Waals surface area contributed by atoms with E-state index >= 15 is 0 Å². The summed E-state index contributed by atoms with van der Waals surface area (Å²) >= 11 is 0. The lowest BCUT2D eigenvalue weighted by Crippen LogP contribution is -2.16. The zero-order valence-corrected chi connectivity index (χ0v) is 11.4. The molecule has 2 aromatic rings. The fourth-order valence-corrected chi connectivity index (χ4v) is 1.90. The summed E-state index contributed by atoms with van der Waals surface area (Å²) in [6, 6.07) is 8.60. The number of anilines is 3. The SMILES string of the molecule is Cc1nc(N)nc(N(C)c2ccc(C#N)cc2)c1[N+](=O)[O-]. The molecule has 1 aromatic carbocycles. The first-order valence-electron chi connectivity index (χ1n) is 5.96. The largest absolute Gasteiger partial charge is 0.368 e. The third-order valence-electron chi connectivity index (χ3n) is 2.94. The molecule has 0 spiro atoms. The van der Waals surface area contributed by atoms with Crippen LogP contribution in [0.4, 0.5) is 23.1 Å². The molecule has 0 aliphatic carbocycles. The Morgan fingerprint density at radius 1 is 1.33 bits per heavy atom. The van der Waals surface area contributed by atoms with Crippen molar-refractivity contribution >= 4 is 23.1 Å². The number of nitrogen functional groups attached to an aromatic ring is 1. The molecule has 8 heteroatoms. The maximum Gasteiger partial charge on any atom is 0.333 e. The number of hydrogen-bond acceptors (Lipinski definition) is 7. The highest BCUT2D eigenvalue weighted by molar-refractivity contribution is 5.70. The number of nitriles is 1. The topological polar surface area (TPSA) is 122 Å². The molecule has 0 unspecified atom stereocenters. The maximum absolute atomic E-state index is 11.2. The van der Waals surface area contributed by atoms with E-state index < -0.39 is 4.92 Å². The van der Waals surface area contributed by atoms with E-state index in [0.29, 0.717) is 11.3 Å². The van der Waals surface area contributed by atoms with Crippen molar-refractivity contribution < 1.29 is 4.92 Å². The zero-order valence-electron chi connectivity index (χ0n) is 11.4. The van der Waals surface area contributed by atoms with E-state index in [4.69, 9.17) is 11.0 Å². The molecule has 0 amide bonds. The Morgan fingerprint density at radius 3 is 2.48 bits per heavy atom. The molecule has 2 N–H and O–H groups in total. The number of benzene rings is 1. The van der Waals surface area contributed by atoms with E-state index in [0.717, 1.165) is 0 Å². The van der Waals surface area contributed by atoms with E-state index in [1.165, 1.54) is 11.8 Å². The van der Waals surface area contributed by atoms with E-state index in [-0.39, 0.29) is 23.1 Å². The second-order valence-electron chi connectivity index (χ2n) is 4.31. The van der Waals surface area contributed by atoms with Crippen molar-refractivity contribution in [2.24, 2.45) is 0 Å². The second kappa shape index (κ2) is 5.42. The minimum absolute atomic E-state index is 0.0337. The first-order chi connectivity index (χ1) is 9.93. The van der Waals surface area contributed by atoms with E-state index in [9.17, 15) is 10.1 Å². The smallest absolute Gasteiger partial charge is 0.333 e. The molecule has 0 atom stereocenters. The van der Waals surface area contributed by atoms with Gasteiger partial charge in [0.15, 0.2) is 0 Å². The van der Waals surface area contributed by atoms with Gasteiger partial charge in [0.1, 0.15) is 5.69 Å². The van der Waals surface area contributed by atoms with Crippen molar-refractivity contribution in [3.05, 3.63) is 45.6 Å². The summed E-state index contributed by atoms with van der Waals surface area (Å²) < 4.78 is 0. The van der Waals surface area contributed by atoms with E-state index in [1.807, 2.05) is 6.07 Å². The van der Waals surface area contributed by atoms with E-state index in [2.05, 4.69) is 9.97 Å². The highest BCUT2D eigenvalue weighted by Gasteiger charge is 2.25. The van der Waals surface area contributed by atoms with Crippen LogP contribution < -0.4 is 10.6 Å². The highest BCUT2D eigenvalue weighted by atomic mass is 16.6. The molecule has 0 aliphatic heterocycles. The molecule has 1 aromatic heterocycles. The summed E-state index contributed by atoms with van der Waals surface area (Å²) in [4.78, 5) is 20.0. The van der Waals surface area contributed by atoms with Gasteiger partial charge in [0.25, 0.3) is 0 Å². The highest BCUT2D eigenvalue weighted by Crippen LogP contribution is 2.32. The molecular formula is C13H12N6O2. The van der Waals surface area contributed by atoms with Crippen molar-refractivity contribution in [3.8, 4) is 6.07 Å². The first-order valence-corrected chi connectivity index (χ1v) is 5.96. The molecule has 0 saturated heterocycles. The summed E-state index contributed by atoms with van der Waals surface area (Å²) in [7, 11) is 1.63. The number of nitrogens with two attached hydrogens (primary N) is 1. The van der Waals surface area contributed by atoms with Crippen molar-refractivity contribution in [1.29, 1.82) is 5.26 Å². The minimum Gasteiger partial charge on any atom is -0.368 e. The monoisotopic (exact) mass is 284 g/mol. The number of hydrogen-bond donors (Lipinski definition) is 1. The van der Waals surface area contributed by atoms with Gasteiger partial charge in [-0.25, -0.2) is 4.98 Å². The summed E-state index contributed by atoms with van der Waals surface area (Å²) in [5.74, 6) is 0.0725. The van der Waals surface area contributed by atoms with Crippen LogP contribution in [-0.4, -0.2) is 21.9 Å². The number of aromatic nitrogens is 2. The van der Waals surface area contributed by atoms with Gasteiger partial charge in [-0.2, -0.15) is 10.2 Å². The Hall–Kier alpha value is -3.21. The molecule has 0 bridgehead atoms. The quantitative estimate of drug-likeness (QED) is 0.674. The van der Waals surface area contributed by atoms with Crippen LogP contribution in [0.25, 0.3) is 0 Å². The summed E-state index contributed by atoms with van der Waals surface area (Å²) in [5.41, 5.74) is 6.72. The van der Waals surface area contributed by atoms with Gasteiger partial charge < -0.3 is 10.6 Å². The lowest BCUT2D eigenvalue weighted by Gasteiger charge is -2.18. The molecule has 0 aliphatic rings.